The van der Waals surface area contributed by atoms with Gasteiger partial charge in [0.15, 0.2) is 0 Å². The first-order valence-corrected chi connectivity index (χ1v) is 8.55. The van der Waals surface area contributed by atoms with Crippen LogP contribution in [0.5, 0.6) is 0 Å². The number of halogens is 1. The average molecular weight is 340 g/mol. The van der Waals surface area contributed by atoms with Crippen molar-refractivity contribution in [2.24, 2.45) is 0 Å². The number of amides is 1. The Kier molecular flexibility index (Phi) is 5.01. The third-order valence-electron chi connectivity index (χ3n) is 3.59. The van der Waals surface area contributed by atoms with E-state index >= 15 is 0 Å². The number of rotatable bonds is 5. The molecule has 1 aromatic heterocycles. The van der Waals surface area contributed by atoms with Crippen molar-refractivity contribution in [3.05, 3.63) is 76.5 Å². The Morgan fingerprint density at radius 1 is 1.21 bits per heavy atom. The number of nitrogens with zero attached hydrogens (tertiary/aromatic N) is 1. The van der Waals surface area contributed by atoms with E-state index in [0.29, 0.717) is 18.5 Å². The molecule has 1 amide bonds. The molecule has 3 nitrogen and oxygen atoms in total. The van der Waals surface area contributed by atoms with E-state index in [4.69, 9.17) is 0 Å². The molecule has 5 heteroatoms. The lowest BCUT2D eigenvalue weighted by Gasteiger charge is -2.04. The molecule has 0 atom stereocenters. The van der Waals surface area contributed by atoms with Gasteiger partial charge in [0, 0.05) is 29.5 Å². The standard InChI is InChI=1S/C19H17FN2OS/c1-13-3-2-4-15(11-13)19-22-17(12-24-19)9-10-21-18(23)14-5-7-16(20)8-6-14/h2-8,11-12H,9-10H2,1H3,(H,21,23). The smallest absolute Gasteiger partial charge is 0.251 e. The van der Waals surface area contributed by atoms with Crippen molar-refractivity contribution in [3.8, 4) is 10.6 Å². The Labute approximate surface area is 144 Å². The van der Waals surface area contributed by atoms with E-state index in [2.05, 4.69) is 29.4 Å². The van der Waals surface area contributed by atoms with Gasteiger partial charge >= 0.3 is 0 Å². The largest absolute Gasteiger partial charge is 0.352 e. The summed E-state index contributed by atoms with van der Waals surface area (Å²) in [5, 5.41) is 5.83. The summed E-state index contributed by atoms with van der Waals surface area (Å²) in [5.41, 5.74) is 3.73. The zero-order chi connectivity index (χ0) is 16.9. The lowest BCUT2D eigenvalue weighted by Crippen LogP contribution is -2.25. The molecule has 1 heterocycles. The lowest BCUT2D eigenvalue weighted by molar-refractivity contribution is 0.0954. The van der Waals surface area contributed by atoms with Crippen molar-refractivity contribution in [3.63, 3.8) is 0 Å². The third kappa shape index (κ3) is 4.06. The summed E-state index contributed by atoms with van der Waals surface area (Å²) in [7, 11) is 0. The zero-order valence-corrected chi connectivity index (χ0v) is 14.1. The zero-order valence-electron chi connectivity index (χ0n) is 13.3. The van der Waals surface area contributed by atoms with Gasteiger partial charge in [0.25, 0.3) is 5.91 Å². The van der Waals surface area contributed by atoms with Crippen LogP contribution in [0.4, 0.5) is 4.39 Å². The minimum atomic E-state index is -0.349. The van der Waals surface area contributed by atoms with Crippen LogP contribution in [0.1, 0.15) is 21.6 Å². The SMILES string of the molecule is Cc1cccc(-c2nc(CCNC(=O)c3ccc(F)cc3)cs2)c1. The van der Waals surface area contributed by atoms with E-state index < -0.39 is 0 Å². The number of aromatic nitrogens is 1. The second-order valence-electron chi connectivity index (χ2n) is 5.53. The number of carbonyl (C=O) groups excluding carboxylic acids is 1. The number of aryl methyl sites for hydroxylation is 1. The molecule has 0 aliphatic carbocycles. The summed E-state index contributed by atoms with van der Waals surface area (Å²) in [6.45, 7) is 2.55. The Morgan fingerprint density at radius 3 is 2.75 bits per heavy atom. The maximum atomic E-state index is 12.9. The van der Waals surface area contributed by atoms with Crippen LogP contribution < -0.4 is 5.32 Å². The van der Waals surface area contributed by atoms with Crippen LogP contribution in [-0.4, -0.2) is 17.4 Å². The molecule has 0 unspecified atom stereocenters. The van der Waals surface area contributed by atoms with Gasteiger partial charge in [-0.2, -0.15) is 0 Å². The minimum Gasteiger partial charge on any atom is -0.352 e. The fourth-order valence-electron chi connectivity index (χ4n) is 2.34. The van der Waals surface area contributed by atoms with Gasteiger partial charge in [0.05, 0.1) is 5.69 Å². The fraction of sp³-hybridized carbons (Fsp3) is 0.158. The van der Waals surface area contributed by atoms with E-state index in [0.717, 1.165) is 16.3 Å². The molecule has 2 aromatic carbocycles. The highest BCUT2D eigenvalue weighted by Crippen LogP contribution is 2.24. The van der Waals surface area contributed by atoms with Crippen molar-refractivity contribution < 1.29 is 9.18 Å². The summed E-state index contributed by atoms with van der Waals surface area (Å²) in [6.07, 6.45) is 0.662. The molecule has 122 valence electrons. The Hall–Kier alpha value is -2.53. The molecule has 3 rings (SSSR count). The van der Waals surface area contributed by atoms with Crippen LogP contribution in [0.2, 0.25) is 0 Å². The molecule has 1 N–H and O–H groups in total. The predicted molar refractivity (Wildman–Crippen MR) is 94.7 cm³/mol. The highest BCUT2D eigenvalue weighted by atomic mass is 32.1. The van der Waals surface area contributed by atoms with E-state index in [9.17, 15) is 9.18 Å². The highest BCUT2D eigenvalue weighted by molar-refractivity contribution is 7.13. The third-order valence-corrected chi connectivity index (χ3v) is 4.53. The van der Waals surface area contributed by atoms with Crippen molar-refractivity contribution in [1.29, 1.82) is 0 Å². The van der Waals surface area contributed by atoms with Crippen LogP contribution >= 0.6 is 11.3 Å². The number of hydrogen-bond donors (Lipinski definition) is 1. The second-order valence-corrected chi connectivity index (χ2v) is 6.38. The van der Waals surface area contributed by atoms with Gasteiger partial charge < -0.3 is 5.32 Å². The normalized spacial score (nSPS) is 10.6. The fourth-order valence-corrected chi connectivity index (χ4v) is 3.19. The first kappa shape index (κ1) is 16.3. The topological polar surface area (TPSA) is 42.0 Å². The molecule has 24 heavy (non-hydrogen) atoms. The quantitative estimate of drug-likeness (QED) is 0.755. The van der Waals surface area contributed by atoms with Crippen LogP contribution in [0.25, 0.3) is 10.6 Å². The maximum Gasteiger partial charge on any atom is 0.251 e. The van der Waals surface area contributed by atoms with Gasteiger partial charge in [-0.25, -0.2) is 9.37 Å². The first-order chi connectivity index (χ1) is 11.6. The Balaban J connectivity index is 1.56. The number of thiazole rings is 1. The van der Waals surface area contributed by atoms with Crippen molar-refractivity contribution in [1.82, 2.24) is 10.3 Å². The summed E-state index contributed by atoms with van der Waals surface area (Å²) in [6, 6.07) is 13.8. The molecular weight excluding hydrogens is 323 g/mol. The molecule has 0 radical (unpaired) electrons. The minimum absolute atomic E-state index is 0.205. The summed E-state index contributed by atoms with van der Waals surface area (Å²) in [5.74, 6) is -0.554. The molecule has 0 saturated carbocycles. The monoisotopic (exact) mass is 340 g/mol. The van der Waals surface area contributed by atoms with E-state index in [1.54, 1.807) is 11.3 Å². The Bertz CT molecular complexity index is 843. The van der Waals surface area contributed by atoms with E-state index in [1.807, 2.05) is 17.5 Å². The average Bonchev–Trinajstić information content (AvgIpc) is 3.04. The molecule has 0 spiro atoms. The molecular formula is C19H17FN2OS. The van der Waals surface area contributed by atoms with Gasteiger partial charge in [-0.1, -0.05) is 23.8 Å². The Morgan fingerprint density at radius 2 is 2.00 bits per heavy atom. The number of benzene rings is 2. The number of hydrogen-bond acceptors (Lipinski definition) is 3. The lowest BCUT2D eigenvalue weighted by atomic mass is 10.1. The molecule has 0 saturated heterocycles. The summed E-state index contributed by atoms with van der Waals surface area (Å²) >= 11 is 1.60. The predicted octanol–water partition coefficient (Wildman–Crippen LogP) is 4.23. The number of nitrogens with one attached hydrogen (secondary N) is 1. The molecule has 0 aliphatic heterocycles. The van der Waals surface area contributed by atoms with Crippen molar-refractivity contribution >= 4 is 17.2 Å². The first-order valence-electron chi connectivity index (χ1n) is 7.67. The van der Waals surface area contributed by atoms with E-state index in [-0.39, 0.29) is 11.7 Å². The van der Waals surface area contributed by atoms with Crippen LogP contribution in [0.15, 0.2) is 53.9 Å². The van der Waals surface area contributed by atoms with Gasteiger partial charge in [-0.05, 0) is 37.3 Å². The van der Waals surface area contributed by atoms with Gasteiger partial charge in [-0.3, -0.25) is 4.79 Å². The van der Waals surface area contributed by atoms with Gasteiger partial charge in [0.1, 0.15) is 10.8 Å². The number of carbonyl (C=O) groups is 1. The molecule has 0 bridgehead atoms. The van der Waals surface area contributed by atoms with Crippen molar-refractivity contribution in [2.75, 3.05) is 6.54 Å². The summed E-state index contributed by atoms with van der Waals surface area (Å²) in [4.78, 5) is 16.6. The second kappa shape index (κ2) is 7.36. The van der Waals surface area contributed by atoms with E-state index in [1.165, 1.54) is 29.8 Å². The molecule has 0 fully saturated rings. The van der Waals surface area contributed by atoms with Crippen LogP contribution in [-0.2, 0) is 6.42 Å². The highest BCUT2D eigenvalue weighted by Gasteiger charge is 2.07. The molecule has 0 aliphatic rings. The van der Waals surface area contributed by atoms with Crippen molar-refractivity contribution in [2.45, 2.75) is 13.3 Å². The van der Waals surface area contributed by atoms with Gasteiger partial charge in [0.2, 0.25) is 0 Å². The summed E-state index contributed by atoms with van der Waals surface area (Å²) < 4.78 is 12.9. The molecule has 3 aromatic rings. The van der Waals surface area contributed by atoms with Gasteiger partial charge in [-0.15, -0.1) is 11.3 Å². The van der Waals surface area contributed by atoms with Crippen LogP contribution in [0, 0.1) is 12.7 Å². The maximum absolute atomic E-state index is 12.9. The van der Waals surface area contributed by atoms with Crippen LogP contribution in [0.3, 0.4) is 0 Å².